The number of hydrogen-bond donors (Lipinski definition) is 4. The Labute approximate surface area is 184 Å². The van der Waals surface area contributed by atoms with Gasteiger partial charge in [0.15, 0.2) is 5.65 Å². The molecule has 4 atom stereocenters. The Morgan fingerprint density at radius 1 is 1.25 bits per heavy atom. The Morgan fingerprint density at radius 2 is 2.09 bits per heavy atom. The summed E-state index contributed by atoms with van der Waals surface area (Å²) in [6.07, 6.45) is 6.26. The van der Waals surface area contributed by atoms with Gasteiger partial charge in [-0.1, -0.05) is 6.92 Å². The third-order valence-corrected chi connectivity index (χ3v) is 6.71. The van der Waals surface area contributed by atoms with Crippen LogP contribution in [0.5, 0.6) is 0 Å². The highest BCUT2D eigenvalue weighted by Gasteiger charge is 2.31. The van der Waals surface area contributed by atoms with Gasteiger partial charge in [-0.25, -0.2) is 4.98 Å². The van der Waals surface area contributed by atoms with Crippen molar-refractivity contribution in [2.75, 3.05) is 17.7 Å². The van der Waals surface area contributed by atoms with Crippen LogP contribution in [0, 0.1) is 5.92 Å². The van der Waals surface area contributed by atoms with E-state index in [-0.39, 0.29) is 23.6 Å². The van der Waals surface area contributed by atoms with Gasteiger partial charge in [0.25, 0.3) is 11.5 Å². The lowest BCUT2D eigenvalue weighted by Crippen LogP contribution is -2.45. The summed E-state index contributed by atoms with van der Waals surface area (Å²) in [6.45, 7) is 2.12. The summed E-state index contributed by atoms with van der Waals surface area (Å²) in [5.74, 6) is 1.30. The maximum absolute atomic E-state index is 13.0. The molecule has 0 aromatic carbocycles. The minimum absolute atomic E-state index is 0.173. The number of fused-ring (bicyclic) bond motifs is 1. The molecule has 3 aromatic rings. The van der Waals surface area contributed by atoms with E-state index in [4.69, 9.17) is 0 Å². The topological polar surface area (TPSA) is 126 Å². The lowest BCUT2D eigenvalue weighted by molar-refractivity contribution is 0.0300. The molecule has 0 saturated heterocycles. The summed E-state index contributed by atoms with van der Waals surface area (Å²) in [5, 5.41) is 23.5. The van der Waals surface area contributed by atoms with Crippen molar-refractivity contribution in [3.8, 4) is 0 Å². The molecule has 0 radical (unpaired) electrons. The molecule has 0 unspecified atom stereocenters. The molecule has 32 heavy (non-hydrogen) atoms. The van der Waals surface area contributed by atoms with E-state index in [1.807, 2.05) is 0 Å². The summed E-state index contributed by atoms with van der Waals surface area (Å²) in [6, 6.07) is 5.14. The van der Waals surface area contributed by atoms with Crippen molar-refractivity contribution in [3.63, 3.8) is 0 Å². The van der Waals surface area contributed by atoms with Gasteiger partial charge in [-0.3, -0.25) is 9.59 Å². The van der Waals surface area contributed by atoms with Crippen LogP contribution in [-0.2, 0) is 0 Å². The summed E-state index contributed by atoms with van der Waals surface area (Å²) in [7, 11) is 1.75. The number of pyridine rings is 1. The number of aromatic nitrogens is 4. The quantitative estimate of drug-likeness (QED) is 0.464. The van der Waals surface area contributed by atoms with Gasteiger partial charge in [0, 0.05) is 25.4 Å². The Bertz CT molecular complexity index is 1230. The molecule has 168 valence electrons. The number of anilines is 3. The van der Waals surface area contributed by atoms with Crippen molar-refractivity contribution < 1.29 is 9.90 Å². The fraction of sp³-hybridized carbons (Fsp3) is 0.455. The number of carbonyl (C=O) groups is 1. The van der Waals surface area contributed by atoms with E-state index in [0.29, 0.717) is 40.9 Å². The smallest absolute Gasteiger partial charge is 0.274 e. The van der Waals surface area contributed by atoms with Crippen molar-refractivity contribution in [2.45, 2.75) is 50.8 Å². The fourth-order valence-corrected chi connectivity index (χ4v) is 4.29. The molecule has 2 aliphatic rings. The molecule has 3 heterocycles. The first-order valence-corrected chi connectivity index (χ1v) is 11.0. The molecule has 10 nitrogen and oxygen atoms in total. The number of carbonyl (C=O) groups excluding carboxylic acids is 1. The van der Waals surface area contributed by atoms with Crippen LogP contribution in [0.25, 0.3) is 5.65 Å². The number of amides is 1. The van der Waals surface area contributed by atoms with E-state index in [1.165, 1.54) is 6.20 Å². The number of aliphatic hydroxyl groups excluding tert-OH is 1. The van der Waals surface area contributed by atoms with Crippen LogP contribution >= 0.6 is 0 Å². The number of aliphatic hydroxyl groups is 1. The summed E-state index contributed by atoms with van der Waals surface area (Å²) < 4.78 is 3.13. The van der Waals surface area contributed by atoms with Crippen LogP contribution in [0.15, 0.2) is 35.4 Å². The zero-order valence-corrected chi connectivity index (χ0v) is 18.1. The van der Waals surface area contributed by atoms with Gasteiger partial charge >= 0.3 is 0 Å². The van der Waals surface area contributed by atoms with E-state index in [0.717, 1.165) is 19.3 Å². The van der Waals surface area contributed by atoms with Crippen molar-refractivity contribution in [1.82, 2.24) is 24.5 Å². The second-order valence-corrected chi connectivity index (χ2v) is 8.68. The molecule has 2 aliphatic carbocycles. The van der Waals surface area contributed by atoms with E-state index in [1.54, 1.807) is 40.5 Å². The Kier molecular flexibility index (Phi) is 5.09. The molecule has 10 heteroatoms. The number of hydrogen-bond acceptors (Lipinski definition) is 7. The fourth-order valence-electron chi connectivity index (χ4n) is 4.29. The largest absolute Gasteiger partial charge is 0.391 e. The average molecular weight is 438 g/mol. The van der Waals surface area contributed by atoms with Crippen LogP contribution in [0.3, 0.4) is 0 Å². The zero-order valence-electron chi connectivity index (χ0n) is 18.1. The van der Waals surface area contributed by atoms with Crippen molar-refractivity contribution >= 4 is 28.9 Å². The third-order valence-electron chi connectivity index (χ3n) is 6.71. The van der Waals surface area contributed by atoms with E-state index in [9.17, 15) is 14.7 Å². The van der Waals surface area contributed by atoms with Gasteiger partial charge < -0.3 is 25.6 Å². The number of nitrogens with zero attached hydrogens (tertiary/aromatic N) is 4. The second-order valence-electron chi connectivity index (χ2n) is 8.68. The molecular formula is C22H27N7O3. The second kappa shape index (κ2) is 7.94. The first-order valence-electron chi connectivity index (χ1n) is 11.0. The summed E-state index contributed by atoms with van der Waals surface area (Å²) in [4.78, 5) is 30.4. The predicted octanol–water partition coefficient (Wildman–Crippen LogP) is 1.90. The van der Waals surface area contributed by atoms with Gasteiger partial charge in [0.1, 0.15) is 22.9 Å². The molecule has 1 amide bonds. The van der Waals surface area contributed by atoms with Gasteiger partial charge in [0.2, 0.25) is 0 Å². The number of rotatable bonds is 6. The van der Waals surface area contributed by atoms with E-state index >= 15 is 0 Å². The third kappa shape index (κ3) is 3.40. The molecule has 0 aliphatic heterocycles. The first kappa shape index (κ1) is 20.5. The normalized spacial score (nSPS) is 24.5. The van der Waals surface area contributed by atoms with Crippen LogP contribution in [0.2, 0.25) is 0 Å². The molecule has 0 spiro atoms. The standard InChI is InChI=1S/C22H27N7O3/c1-12-5-6-14(12)26-21(31)13-11-24-29-19(23-2)10-18(27-20(13)29)25-15-4-3-9-28(22(15)32)16-7-8-17(16)30/h3-4,9-12,14,16-17,23,30H,5-8H2,1-2H3,(H,25,27)(H,26,31)/t12-,14+,16-,17+/m1/s1. The highest BCUT2D eigenvalue weighted by molar-refractivity contribution is 6.00. The lowest BCUT2D eigenvalue weighted by Gasteiger charge is -2.34. The Morgan fingerprint density at radius 3 is 2.72 bits per heavy atom. The van der Waals surface area contributed by atoms with Crippen LogP contribution in [-0.4, -0.2) is 49.4 Å². The molecular weight excluding hydrogens is 410 g/mol. The van der Waals surface area contributed by atoms with Gasteiger partial charge in [0.05, 0.1) is 18.3 Å². The first-order chi connectivity index (χ1) is 15.5. The van der Waals surface area contributed by atoms with Crippen molar-refractivity contribution in [3.05, 3.63) is 46.5 Å². The maximum atomic E-state index is 13.0. The highest BCUT2D eigenvalue weighted by Crippen LogP contribution is 2.31. The van der Waals surface area contributed by atoms with E-state index in [2.05, 4.69) is 33.0 Å². The zero-order chi connectivity index (χ0) is 22.4. The van der Waals surface area contributed by atoms with Crippen molar-refractivity contribution in [1.29, 1.82) is 0 Å². The average Bonchev–Trinajstić information content (AvgIpc) is 3.21. The highest BCUT2D eigenvalue weighted by atomic mass is 16.3. The van der Waals surface area contributed by atoms with Crippen LogP contribution in [0.4, 0.5) is 17.3 Å². The SMILES string of the molecule is CNc1cc(Nc2cccn([C@@H]3CC[C@@H]3O)c2=O)nc2c(C(=O)N[C@H]3CC[C@H]3C)cnn12. The van der Waals surface area contributed by atoms with Gasteiger partial charge in [-0.15, -0.1) is 0 Å². The van der Waals surface area contributed by atoms with Crippen LogP contribution < -0.4 is 21.5 Å². The summed E-state index contributed by atoms with van der Waals surface area (Å²) in [5.41, 5.74) is 0.899. The Balaban J connectivity index is 1.48. The number of nitrogens with one attached hydrogen (secondary N) is 3. The summed E-state index contributed by atoms with van der Waals surface area (Å²) >= 11 is 0. The van der Waals surface area contributed by atoms with Crippen LogP contribution in [0.1, 0.15) is 49.0 Å². The molecule has 2 fully saturated rings. The predicted molar refractivity (Wildman–Crippen MR) is 120 cm³/mol. The molecule has 4 N–H and O–H groups in total. The molecule has 0 bridgehead atoms. The lowest BCUT2D eigenvalue weighted by atomic mass is 9.81. The van der Waals surface area contributed by atoms with Crippen molar-refractivity contribution in [2.24, 2.45) is 5.92 Å². The molecule has 3 aromatic heterocycles. The molecule has 5 rings (SSSR count). The van der Waals surface area contributed by atoms with E-state index < -0.39 is 6.10 Å². The molecule has 2 saturated carbocycles. The minimum atomic E-state index is -0.500. The minimum Gasteiger partial charge on any atom is -0.391 e. The Hall–Kier alpha value is -3.40. The van der Waals surface area contributed by atoms with Gasteiger partial charge in [-0.2, -0.15) is 9.61 Å². The maximum Gasteiger partial charge on any atom is 0.274 e. The van der Waals surface area contributed by atoms with Gasteiger partial charge in [-0.05, 0) is 43.7 Å². The monoisotopic (exact) mass is 437 g/mol.